The molecule has 0 saturated heterocycles. The quantitative estimate of drug-likeness (QED) is 0.114. The molecule has 0 fully saturated rings. The first-order valence-electron chi connectivity index (χ1n) is 35.1. The van der Waals surface area contributed by atoms with Gasteiger partial charge >= 0.3 is 0 Å². The Morgan fingerprint density at radius 1 is 0.152 bits per heavy atom. The van der Waals surface area contributed by atoms with Crippen LogP contribution in [0, 0.1) is 0 Å². The standard InChI is InChI=1S/C96H58N6S3/c1-4-25-59(26-5-1)69-33-10-13-38-80(69)94-100-92(97-93(101-94)68-57-66(74-43-21-45-78-76-36-16-18-48-84(76)103-88(74)78)56-67(58-68)75-44-22-46-79-77-37-17-19-49-85(77)104-89(75)79)65-32-20-31-64(55-65)72-41-24-50-86-87(72)83-47-23-42-73(90(83)105-86)62-51-53-63(54-52-62)91-98-95(81-39-14-11-34-70(81)60-27-6-2-7-28-60)102-96(99-91)82-40-15-12-35-71(82)61-29-8-3-9-30-61/h1-58H. The number of nitrogens with zero attached hydrogens (tertiary/aromatic N) is 6. The van der Waals surface area contributed by atoms with E-state index in [2.05, 4.69) is 340 Å². The van der Waals surface area contributed by atoms with Crippen molar-refractivity contribution in [2.24, 2.45) is 0 Å². The van der Waals surface area contributed by atoms with Gasteiger partial charge in [0, 0.05) is 93.9 Å². The monoisotopic (exact) mass is 1390 g/mol. The normalized spacial score (nSPS) is 11.6. The van der Waals surface area contributed by atoms with E-state index in [1.54, 1.807) is 0 Å². The molecule has 0 spiro atoms. The molecule has 20 aromatic rings. The molecule has 6 nitrogen and oxygen atoms in total. The molecule has 5 heterocycles. The molecule has 0 bridgehead atoms. The van der Waals surface area contributed by atoms with E-state index in [-0.39, 0.29) is 0 Å². The largest absolute Gasteiger partial charge is 0.208 e. The van der Waals surface area contributed by atoms with Gasteiger partial charge in [-0.05, 0) is 120 Å². The summed E-state index contributed by atoms with van der Waals surface area (Å²) >= 11 is 5.52. The Hall–Kier alpha value is -13.0. The first kappa shape index (κ1) is 61.8. The number of hydrogen-bond acceptors (Lipinski definition) is 9. The molecule has 0 aliphatic rings. The molecule has 0 atom stereocenters. The van der Waals surface area contributed by atoms with E-state index in [4.69, 9.17) is 29.9 Å². The van der Waals surface area contributed by atoms with Crippen LogP contribution in [0.15, 0.2) is 352 Å². The number of fused-ring (bicyclic) bond motifs is 9. The molecule has 0 saturated carbocycles. The molecule has 20 rings (SSSR count). The lowest BCUT2D eigenvalue weighted by Crippen LogP contribution is -2.02. The second-order valence-electron chi connectivity index (χ2n) is 26.3. The summed E-state index contributed by atoms with van der Waals surface area (Å²) in [7, 11) is 0. The fraction of sp³-hybridized carbons (Fsp3) is 0. The third-order valence-corrected chi connectivity index (χ3v) is 23.7. The van der Waals surface area contributed by atoms with Gasteiger partial charge < -0.3 is 0 Å². The van der Waals surface area contributed by atoms with Crippen molar-refractivity contribution in [2.45, 2.75) is 0 Å². The maximum Gasteiger partial charge on any atom is 0.164 e. The molecule has 15 aromatic carbocycles. The smallest absolute Gasteiger partial charge is 0.164 e. The third kappa shape index (κ3) is 11.2. The molecule has 490 valence electrons. The van der Waals surface area contributed by atoms with Crippen LogP contribution in [-0.2, 0) is 0 Å². The minimum absolute atomic E-state index is 0.580. The van der Waals surface area contributed by atoms with Gasteiger partial charge in [0.1, 0.15) is 0 Å². The maximum absolute atomic E-state index is 5.61. The van der Waals surface area contributed by atoms with Crippen molar-refractivity contribution in [3.63, 3.8) is 0 Å². The van der Waals surface area contributed by atoms with Crippen LogP contribution in [0.5, 0.6) is 0 Å². The topological polar surface area (TPSA) is 77.3 Å². The fourth-order valence-electron chi connectivity index (χ4n) is 15.1. The zero-order valence-corrected chi connectivity index (χ0v) is 58.8. The van der Waals surface area contributed by atoms with Gasteiger partial charge in [-0.15, -0.1) is 34.0 Å². The van der Waals surface area contributed by atoms with Crippen molar-refractivity contribution in [3.05, 3.63) is 352 Å². The minimum Gasteiger partial charge on any atom is -0.208 e. The molecule has 0 unspecified atom stereocenters. The lowest BCUT2D eigenvalue weighted by atomic mass is 9.94. The average molecular weight is 1390 g/mol. The van der Waals surface area contributed by atoms with E-state index in [9.17, 15) is 0 Å². The highest BCUT2D eigenvalue weighted by molar-refractivity contribution is 7.27. The highest BCUT2D eigenvalue weighted by Gasteiger charge is 2.24. The van der Waals surface area contributed by atoms with Gasteiger partial charge in [-0.2, -0.15) is 0 Å². The molecule has 0 amide bonds. The lowest BCUT2D eigenvalue weighted by molar-refractivity contribution is 1.07. The summed E-state index contributed by atoms with van der Waals surface area (Å²) in [6.45, 7) is 0. The Bertz CT molecular complexity index is 6550. The summed E-state index contributed by atoms with van der Waals surface area (Å²) < 4.78 is 7.43. The minimum atomic E-state index is 0.580. The Kier molecular flexibility index (Phi) is 15.4. The fourth-order valence-corrected chi connectivity index (χ4v) is 18.8. The van der Waals surface area contributed by atoms with Gasteiger partial charge in [0.2, 0.25) is 0 Å². The first-order chi connectivity index (χ1) is 52.0. The second kappa shape index (κ2) is 26.1. The summed E-state index contributed by atoms with van der Waals surface area (Å²) in [5.74, 6) is 3.57. The Morgan fingerprint density at radius 3 is 0.952 bits per heavy atom. The van der Waals surface area contributed by atoms with E-state index >= 15 is 0 Å². The van der Waals surface area contributed by atoms with Crippen molar-refractivity contribution in [3.8, 4) is 146 Å². The molecular weight excluding hydrogens is 1330 g/mol. The van der Waals surface area contributed by atoms with Crippen molar-refractivity contribution >= 4 is 94.5 Å². The van der Waals surface area contributed by atoms with Crippen molar-refractivity contribution < 1.29 is 0 Å². The van der Waals surface area contributed by atoms with Gasteiger partial charge in [-0.3, -0.25) is 0 Å². The van der Waals surface area contributed by atoms with Crippen molar-refractivity contribution in [2.75, 3.05) is 0 Å². The molecular formula is C96H58N6S3. The summed E-state index contributed by atoms with van der Waals surface area (Å²) in [6.07, 6.45) is 0. The number of thiophene rings is 3. The van der Waals surface area contributed by atoms with Crippen LogP contribution in [0.2, 0.25) is 0 Å². The molecule has 9 heteroatoms. The number of hydrogen-bond donors (Lipinski definition) is 0. The Morgan fingerprint density at radius 2 is 0.438 bits per heavy atom. The van der Waals surface area contributed by atoms with Gasteiger partial charge in [-0.25, -0.2) is 29.9 Å². The van der Waals surface area contributed by atoms with Crippen LogP contribution in [0.1, 0.15) is 0 Å². The van der Waals surface area contributed by atoms with Crippen LogP contribution in [0.3, 0.4) is 0 Å². The van der Waals surface area contributed by atoms with Crippen LogP contribution in [-0.4, -0.2) is 29.9 Å². The van der Waals surface area contributed by atoms with E-state index < -0.39 is 0 Å². The Balaban J connectivity index is 0.711. The van der Waals surface area contributed by atoms with Crippen molar-refractivity contribution in [1.82, 2.24) is 29.9 Å². The molecule has 0 aliphatic carbocycles. The van der Waals surface area contributed by atoms with Gasteiger partial charge in [0.15, 0.2) is 34.9 Å². The highest BCUT2D eigenvalue weighted by atomic mass is 32.1. The van der Waals surface area contributed by atoms with Crippen molar-refractivity contribution in [1.29, 1.82) is 0 Å². The zero-order chi connectivity index (χ0) is 69.3. The van der Waals surface area contributed by atoms with Gasteiger partial charge in [0.25, 0.3) is 0 Å². The summed E-state index contributed by atoms with van der Waals surface area (Å²) in [6, 6.07) is 125. The van der Waals surface area contributed by atoms with Crippen LogP contribution in [0.25, 0.3) is 207 Å². The van der Waals surface area contributed by atoms with E-state index in [1.807, 2.05) is 46.1 Å². The predicted octanol–water partition coefficient (Wildman–Crippen LogP) is 26.8. The molecule has 5 aromatic heterocycles. The third-order valence-electron chi connectivity index (χ3n) is 20.1. The summed E-state index contributed by atoms with van der Waals surface area (Å²) in [4.78, 5) is 32.6. The van der Waals surface area contributed by atoms with Gasteiger partial charge in [-0.1, -0.05) is 309 Å². The van der Waals surface area contributed by atoms with Crippen LogP contribution in [0.4, 0.5) is 0 Å². The van der Waals surface area contributed by atoms with Crippen LogP contribution < -0.4 is 0 Å². The molecule has 0 radical (unpaired) electrons. The van der Waals surface area contributed by atoms with E-state index in [0.29, 0.717) is 34.9 Å². The van der Waals surface area contributed by atoms with Gasteiger partial charge in [0.05, 0.1) is 0 Å². The average Bonchev–Trinajstić information content (AvgIpc) is 1.63. The number of benzene rings is 15. The number of rotatable bonds is 13. The second-order valence-corrected chi connectivity index (χ2v) is 29.5. The van der Waals surface area contributed by atoms with Crippen LogP contribution >= 0.6 is 34.0 Å². The summed E-state index contributed by atoms with van der Waals surface area (Å²) in [5.41, 5.74) is 20.8. The van der Waals surface area contributed by atoms with E-state index in [0.717, 1.165) is 100 Å². The molecule has 105 heavy (non-hydrogen) atoms. The lowest BCUT2D eigenvalue weighted by Gasteiger charge is -2.15. The number of aromatic nitrogens is 6. The first-order valence-corrected chi connectivity index (χ1v) is 37.6. The maximum atomic E-state index is 5.61. The van der Waals surface area contributed by atoms with E-state index in [1.165, 1.54) is 71.6 Å². The summed E-state index contributed by atoms with van der Waals surface area (Å²) in [5, 5.41) is 7.41. The zero-order valence-electron chi connectivity index (χ0n) is 56.4. The molecule has 0 aliphatic heterocycles. The Labute approximate surface area is 618 Å². The molecule has 0 N–H and O–H groups in total. The predicted molar refractivity (Wildman–Crippen MR) is 443 cm³/mol. The SMILES string of the molecule is c1ccc(-c2ccccc2-c2nc(-c3cc(-c4cccc5c4sc4ccccc45)cc(-c4cccc5c4sc4ccccc45)c3)nc(-c3cccc(-c4cccc5sc6c(-c7ccc(-c8nc(-c9ccccc9-c9ccccc9)nc(-c9ccccc9-c9ccccc9)n8)cc7)cccc6c45)c3)n2)cc1. The highest BCUT2D eigenvalue weighted by Crippen LogP contribution is 2.48.